The molecule has 2 aromatic rings. The third kappa shape index (κ3) is 2.76. The molecule has 0 aromatic carbocycles. The molecule has 0 amide bonds. The van der Waals surface area contributed by atoms with Crippen molar-refractivity contribution >= 4 is 23.4 Å². The number of halogens is 1. The van der Waals surface area contributed by atoms with E-state index in [0.29, 0.717) is 10.2 Å². The summed E-state index contributed by atoms with van der Waals surface area (Å²) >= 11 is 7.43. The van der Waals surface area contributed by atoms with Crippen LogP contribution in [0.2, 0.25) is 5.02 Å². The van der Waals surface area contributed by atoms with Crippen molar-refractivity contribution in [1.82, 2.24) is 15.0 Å². The fourth-order valence-electron chi connectivity index (χ4n) is 1.32. The Hall–Kier alpha value is -1.13. The normalized spacial score (nSPS) is 10.6. The molecule has 3 nitrogen and oxygen atoms in total. The van der Waals surface area contributed by atoms with E-state index in [1.165, 1.54) is 11.8 Å². The molecular weight excluding hydrogens is 254 g/mol. The van der Waals surface area contributed by atoms with Gasteiger partial charge in [-0.05, 0) is 50.2 Å². The van der Waals surface area contributed by atoms with Crippen molar-refractivity contribution in [2.75, 3.05) is 0 Å². The lowest BCUT2D eigenvalue weighted by molar-refractivity contribution is 0.878. The molecule has 2 aromatic heterocycles. The zero-order valence-corrected chi connectivity index (χ0v) is 11.4. The van der Waals surface area contributed by atoms with Crippen molar-refractivity contribution in [3.8, 4) is 0 Å². The van der Waals surface area contributed by atoms with Gasteiger partial charge >= 0.3 is 0 Å². The summed E-state index contributed by atoms with van der Waals surface area (Å²) in [6.45, 7) is 5.98. The van der Waals surface area contributed by atoms with Crippen LogP contribution >= 0.6 is 23.4 Å². The standard InChI is InChI=1S/C12H12ClN3S/c1-7-8(2)15-12(16-9(7)3)17-11-10(13)5-4-6-14-11/h4-6H,1-3H3. The zero-order chi connectivity index (χ0) is 12.4. The highest BCUT2D eigenvalue weighted by atomic mass is 35.5. The summed E-state index contributed by atoms with van der Waals surface area (Å²) in [4.78, 5) is 13.1. The molecule has 0 aliphatic heterocycles. The van der Waals surface area contributed by atoms with Crippen LogP contribution in [0.1, 0.15) is 17.0 Å². The lowest BCUT2D eigenvalue weighted by Gasteiger charge is -2.06. The number of pyridine rings is 1. The zero-order valence-electron chi connectivity index (χ0n) is 9.86. The molecule has 0 saturated heterocycles. The van der Waals surface area contributed by atoms with E-state index in [9.17, 15) is 0 Å². The second kappa shape index (κ2) is 5.02. The second-order valence-corrected chi connectivity index (χ2v) is 5.06. The molecule has 0 aliphatic rings. The van der Waals surface area contributed by atoms with Crippen molar-refractivity contribution in [2.24, 2.45) is 0 Å². The van der Waals surface area contributed by atoms with Crippen molar-refractivity contribution in [1.29, 1.82) is 0 Å². The topological polar surface area (TPSA) is 38.7 Å². The van der Waals surface area contributed by atoms with Gasteiger partial charge in [0.05, 0.1) is 5.02 Å². The van der Waals surface area contributed by atoms with Crippen LogP contribution in [0.15, 0.2) is 28.5 Å². The first-order valence-electron chi connectivity index (χ1n) is 5.18. The molecule has 2 heterocycles. The lowest BCUT2D eigenvalue weighted by atomic mass is 10.2. The van der Waals surface area contributed by atoms with Gasteiger partial charge in [-0.1, -0.05) is 11.6 Å². The van der Waals surface area contributed by atoms with Gasteiger partial charge in [-0.25, -0.2) is 15.0 Å². The maximum Gasteiger partial charge on any atom is 0.194 e. The van der Waals surface area contributed by atoms with Crippen LogP contribution in [0.4, 0.5) is 0 Å². The van der Waals surface area contributed by atoms with Gasteiger partial charge in [0, 0.05) is 17.6 Å². The fourth-order valence-corrected chi connectivity index (χ4v) is 2.37. The molecule has 2 rings (SSSR count). The maximum absolute atomic E-state index is 6.05. The molecule has 88 valence electrons. The summed E-state index contributed by atoms with van der Waals surface area (Å²) < 4.78 is 0. The Morgan fingerprint density at radius 3 is 2.35 bits per heavy atom. The van der Waals surface area contributed by atoms with Crippen LogP contribution in [0.5, 0.6) is 0 Å². The van der Waals surface area contributed by atoms with Gasteiger partial charge in [-0.15, -0.1) is 0 Å². The average molecular weight is 266 g/mol. The Bertz CT molecular complexity index is 534. The second-order valence-electron chi connectivity index (χ2n) is 3.69. The van der Waals surface area contributed by atoms with Crippen LogP contribution in [0, 0.1) is 20.8 Å². The van der Waals surface area contributed by atoms with Crippen molar-refractivity contribution in [3.05, 3.63) is 40.3 Å². The number of rotatable bonds is 2. The van der Waals surface area contributed by atoms with Gasteiger partial charge in [-0.3, -0.25) is 0 Å². The highest BCUT2D eigenvalue weighted by Gasteiger charge is 2.09. The number of nitrogens with zero attached hydrogens (tertiary/aromatic N) is 3. The first-order valence-corrected chi connectivity index (χ1v) is 6.37. The minimum atomic E-state index is 0.622. The van der Waals surface area contributed by atoms with Crippen LogP contribution in [0.3, 0.4) is 0 Å². The van der Waals surface area contributed by atoms with Gasteiger partial charge in [0.2, 0.25) is 0 Å². The molecule has 0 bridgehead atoms. The average Bonchev–Trinajstić information content (AvgIpc) is 2.29. The number of aryl methyl sites for hydroxylation is 2. The fraction of sp³-hybridized carbons (Fsp3) is 0.250. The molecule has 0 saturated carbocycles. The van der Waals surface area contributed by atoms with E-state index in [2.05, 4.69) is 15.0 Å². The van der Waals surface area contributed by atoms with E-state index in [-0.39, 0.29) is 0 Å². The van der Waals surface area contributed by atoms with Gasteiger partial charge < -0.3 is 0 Å². The molecule has 0 atom stereocenters. The van der Waals surface area contributed by atoms with Gasteiger partial charge in [0.1, 0.15) is 5.03 Å². The van der Waals surface area contributed by atoms with Crippen molar-refractivity contribution in [2.45, 2.75) is 31.0 Å². The van der Waals surface area contributed by atoms with Crippen LogP contribution in [-0.4, -0.2) is 15.0 Å². The Morgan fingerprint density at radius 1 is 1.12 bits per heavy atom. The molecule has 0 radical (unpaired) electrons. The number of hydrogen-bond acceptors (Lipinski definition) is 4. The third-order valence-electron chi connectivity index (χ3n) is 2.52. The smallest absolute Gasteiger partial charge is 0.194 e. The highest BCUT2D eigenvalue weighted by molar-refractivity contribution is 7.99. The highest BCUT2D eigenvalue weighted by Crippen LogP contribution is 2.29. The Kier molecular flexibility index (Phi) is 3.64. The van der Waals surface area contributed by atoms with Gasteiger partial charge in [0.15, 0.2) is 5.16 Å². The Morgan fingerprint density at radius 2 is 1.76 bits per heavy atom. The quantitative estimate of drug-likeness (QED) is 0.778. The Labute approximate surface area is 110 Å². The minimum Gasteiger partial charge on any atom is -0.248 e. The largest absolute Gasteiger partial charge is 0.248 e. The predicted octanol–water partition coefficient (Wildman–Crippen LogP) is 3.60. The first-order chi connectivity index (χ1) is 8.08. The third-order valence-corrected chi connectivity index (χ3v) is 3.83. The molecular formula is C12H12ClN3S. The first kappa shape index (κ1) is 12.3. The summed E-state index contributed by atoms with van der Waals surface area (Å²) in [5, 5.41) is 2.04. The SMILES string of the molecule is Cc1nc(Sc2ncccc2Cl)nc(C)c1C. The van der Waals surface area contributed by atoms with E-state index in [4.69, 9.17) is 11.6 Å². The van der Waals surface area contributed by atoms with E-state index >= 15 is 0 Å². The number of hydrogen-bond donors (Lipinski definition) is 0. The lowest BCUT2D eigenvalue weighted by Crippen LogP contribution is -1.98. The molecule has 0 fully saturated rings. The van der Waals surface area contributed by atoms with E-state index in [1.807, 2.05) is 26.8 Å². The Balaban J connectivity index is 2.34. The summed E-state index contributed by atoms with van der Waals surface area (Å²) in [6, 6.07) is 3.61. The molecule has 0 spiro atoms. The molecule has 0 unspecified atom stereocenters. The van der Waals surface area contributed by atoms with Crippen LogP contribution in [-0.2, 0) is 0 Å². The summed E-state index contributed by atoms with van der Waals surface area (Å²) in [5.41, 5.74) is 3.11. The predicted molar refractivity (Wildman–Crippen MR) is 69.6 cm³/mol. The monoisotopic (exact) mass is 265 g/mol. The van der Waals surface area contributed by atoms with Crippen LogP contribution < -0.4 is 0 Å². The maximum atomic E-state index is 6.05. The molecule has 5 heteroatoms. The molecule has 0 N–H and O–H groups in total. The van der Waals surface area contributed by atoms with Crippen molar-refractivity contribution < 1.29 is 0 Å². The minimum absolute atomic E-state index is 0.622. The van der Waals surface area contributed by atoms with Crippen LogP contribution in [0.25, 0.3) is 0 Å². The summed E-state index contributed by atoms with van der Waals surface area (Å²) in [5.74, 6) is 0. The summed E-state index contributed by atoms with van der Waals surface area (Å²) in [6.07, 6.45) is 1.71. The number of aromatic nitrogens is 3. The molecule has 17 heavy (non-hydrogen) atoms. The van der Waals surface area contributed by atoms with E-state index < -0.39 is 0 Å². The van der Waals surface area contributed by atoms with Crippen molar-refractivity contribution in [3.63, 3.8) is 0 Å². The van der Waals surface area contributed by atoms with E-state index in [1.54, 1.807) is 12.3 Å². The van der Waals surface area contributed by atoms with Gasteiger partial charge in [0.25, 0.3) is 0 Å². The molecule has 0 aliphatic carbocycles. The van der Waals surface area contributed by atoms with E-state index in [0.717, 1.165) is 22.0 Å². The summed E-state index contributed by atoms with van der Waals surface area (Å²) in [7, 11) is 0. The van der Waals surface area contributed by atoms with Gasteiger partial charge in [-0.2, -0.15) is 0 Å².